The molecule has 1 aliphatic heterocycles. The number of urea groups is 1. The van der Waals surface area contributed by atoms with Gasteiger partial charge in [-0.2, -0.15) is 0 Å². The van der Waals surface area contributed by atoms with Crippen LogP contribution in [0.4, 0.5) is 4.79 Å². The second kappa shape index (κ2) is 17.7. The molecule has 0 aromatic rings. The zero-order chi connectivity index (χ0) is 36.6. The van der Waals surface area contributed by atoms with E-state index in [4.69, 9.17) is 12.3 Å². The van der Waals surface area contributed by atoms with Crippen molar-refractivity contribution in [2.24, 2.45) is 40.2 Å². The van der Waals surface area contributed by atoms with Gasteiger partial charge < -0.3 is 31.9 Å². The molecule has 7 nitrogen and oxygen atoms in total. The molecule has 2 amide bonds. The van der Waals surface area contributed by atoms with Crippen molar-refractivity contribution in [2.75, 3.05) is 13.1 Å². The molecule has 1 heterocycles. The third-order valence-electron chi connectivity index (χ3n) is 11.1. The molecule has 3 fully saturated rings. The van der Waals surface area contributed by atoms with Crippen molar-refractivity contribution in [3.8, 4) is 0 Å². The van der Waals surface area contributed by atoms with Gasteiger partial charge in [-0.05, 0) is 79.1 Å². The molecule has 0 radical (unpaired) electrons. The molecule has 0 bridgehead atoms. The van der Waals surface area contributed by atoms with Gasteiger partial charge >= 0.3 is 6.03 Å². The van der Waals surface area contributed by atoms with Crippen LogP contribution in [0.15, 0.2) is 61.3 Å². The highest BCUT2D eigenvalue weighted by molar-refractivity contribution is 5.75. The summed E-state index contributed by atoms with van der Waals surface area (Å²) < 4.78 is 0. The molecule has 0 spiro atoms. The number of carbonyl (C=O) groups excluding carboxylic acids is 1. The zero-order valence-electron chi connectivity index (χ0n) is 32.7. The summed E-state index contributed by atoms with van der Waals surface area (Å²) in [6.45, 7) is 45.4. The van der Waals surface area contributed by atoms with Crippen molar-refractivity contribution in [3.63, 3.8) is 0 Å². The fraction of sp³-hybridized carbons (Fsp3) is 0.732. The number of hydrogen-bond acceptors (Lipinski definition) is 5. The van der Waals surface area contributed by atoms with E-state index in [2.05, 4.69) is 108 Å². The van der Waals surface area contributed by atoms with Crippen LogP contribution in [0.3, 0.4) is 0 Å². The van der Waals surface area contributed by atoms with E-state index in [0.717, 1.165) is 67.9 Å². The van der Waals surface area contributed by atoms with Crippen LogP contribution in [-0.2, 0) is 0 Å². The minimum absolute atomic E-state index is 0.00317. The minimum Gasteiger partial charge on any atom is -0.399 e. The summed E-state index contributed by atoms with van der Waals surface area (Å²) in [6.07, 6.45) is 8.36. The van der Waals surface area contributed by atoms with E-state index in [0.29, 0.717) is 29.4 Å². The fourth-order valence-corrected chi connectivity index (χ4v) is 8.11. The molecule has 1 saturated heterocycles. The molecule has 274 valence electrons. The number of nitrogens with one attached hydrogen (secondary N) is 4. The van der Waals surface area contributed by atoms with Crippen molar-refractivity contribution in [1.29, 1.82) is 0 Å². The molecular formula is C41H74N6O. The number of nitrogens with zero attached hydrogens (tertiary/aromatic N) is 1. The predicted octanol–water partition coefficient (Wildman–Crippen LogP) is 8.60. The third-order valence-corrected chi connectivity index (χ3v) is 11.1. The van der Waals surface area contributed by atoms with Gasteiger partial charge in [-0.1, -0.05) is 114 Å². The second-order valence-electron chi connectivity index (χ2n) is 16.5. The molecule has 4 unspecified atom stereocenters. The van der Waals surface area contributed by atoms with Crippen LogP contribution in [0, 0.1) is 34.5 Å². The fourth-order valence-electron chi connectivity index (χ4n) is 8.11. The number of hydrogen-bond donors (Lipinski definition) is 5. The van der Waals surface area contributed by atoms with Crippen LogP contribution in [0.5, 0.6) is 0 Å². The van der Waals surface area contributed by atoms with Crippen molar-refractivity contribution < 1.29 is 4.79 Å². The van der Waals surface area contributed by atoms with Crippen LogP contribution in [-0.4, -0.2) is 48.2 Å². The Morgan fingerprint density at radius 3 is 2.10 bits per heavy atom. The number of allylic oxidation sites excluding steroid dienone is 1. The molecule has 2 aliphatic carbocycles. The first kappa shape index (κ1) is 41.3. The number of amides is 2. The molecule has 6 N–H and O–H groups in total. The SMILES string of the molecule is C=C(CCC(NC(=O)NC(C(=C)N1C[C@H]2[C@@H](C1C(=C)NC(CC(C)C)C(=C)C(=C)N)C2(C)C)C1CCCCC1)C(C)(C)C)NCC.CC. The van der Waals surface area contributed by atoms with E-state index < -0.39 is 0 Å². The lowest BCUT2D eigenvalue weighted by Crippen LogP contribution is -2.55. The third kappa shape index (κ3) is 10.6. The topological polar surface area (TPSA) is 94.5 Å². The van der Waals surface area contributed by atoms with Crippen LogP contribution >= 0.6 is 0 Å². The Kier molecular flexibility index (Phi) is 15.3. The molecular weight excluding hydrogens is 592 g/mol. The zero-order valence-corrected chi connectivity index (χ0v) is 32.7. The first-order valence-electron chi connectivity index (χ1n) is 18.9. The molecule has 0 aromatic heterocycles. The lowest BCUT2D eigenvalue weighted by Gasteiger charge is -2.42. The van der Waals surface area contributed by atoms with Crippen LogP contribution in [0.25, 0.3) is 0 Å². The maximum Gasteiger partial charge on any atom is 0.315 e. The van der Waals surface area contributed by atoms with Gasteiger partial charge in [0.1, 0.15) is 0 Å². The maximum absolute atomic E-state index is 13.8. The number of rotatable bonds is 17. The van der Waals surface area contributed by atoms with Crippen molar-refractivity contribution in [1.82, 2.24) is 26.2 Å². The average molecular weight is 667 g/mol. The van der Waals surface area contributed by atoms with Crippen LogP contribution in [0.2, 0.25) is 0 Å². The molecule has 7 heteroatoms. The summed E-state index contributed by atoms with van der Waals surface area (Å²) in [6, 6.07) is -0.200. The van der Waals surface area contributed by atoms with Crippen LogP contribution in [0.1, 0.15) is 121 Å². The highest BCUT2D eigenvalue weighted by atomic mass is 16.2. The quantitative estimate of drug-likeness (QED) is 0.100. The van der Waals surface area contributed by atoms with E-state index >= 15 is 0 Å². The summed E-state index contributed by atoms with van der Waals surface area (Å²) in [5.41, 5.74) is 10.6. The molecule has 48 heavy (non-hydrogen) atoms. The molecule has 0 aromatic carbocycles. The summed E-state index contributed by atoms with van der Waals surface area (Å²) >= 11 is 0. The molecule has 3 aliphatic rings. The smallest absolute Gasteiger partial charge is 0.315 e. The van der Waals surface area contributed by atoms with Crippen molar-refractivity contribution in [3.05, 3.63) is 61.3 Å². The Hall–Kier alpha value is -2.83. The van der Waals surface area contributed by atoms with Gasteiger partial charge in [0.05, 0.1) is 18.1 Å². The molecule has 3 rings (SSSR count). The first-order chi connectivity index (χ1) is 22.4. The first-order valence-corrected chi connectivity index (χ1v) is 18.9. The van der Waals surface area contributed by atoms with Crippen molar-refractivity contribution in [2.45, 2.75) is 145 Å². The summed E-state index contributed by atoms with van der Waals surface area (Å²) in [7, 11) is 0. The Bertz CT molecular complexity index is 1140. The monoisotopic (exact) mass is 667 g/mol. The van der Waals surface area contributed by atoms with E-state index in [1.165, 1.54) is 19.3 Å². The van der Waals surface area contributed by atoms with Gasteiger partial charge in [-0.3, -0.25) is 0 Å². The normalized spacial score (nSPS) is 23.4. The molecule has 6 atom stereocenters. The predicted molar refractivity (Wildman–Crippen MR) is 207 cm³/mol. The van der Waals surface area contributed by atoms with E-state index in [1.54, 1.807) is 0 Å². The summed E-state index contributed by atoms with van der Waals surface area (Å²) in [4.78, 5) is 16.3. The van der Waals surface area contributed by atoms with Gasteiger partial charge in [0.15, 0.2) is 0 Å². The number of likely N-dealkylation sites (tertiary alicyclic amines) is 1. The van der Waals surface area contributed by atoms with Gasteiger partial charge in [-0.25, -0.2) is 4.79 Å². The van der Waals surface area contributed by atoms with E-state index in [9.17, 15) is 4.79 Å². The van der Waals surface area contributed by atoms with E-state index in [-0.39, 0.29) is 41.0 Å². The highest BCUT2D eigenvalue weighted by Gasteiger charge is 2.67. The summed E-state index contributed by atoms with van der Waals surface area (Å²) in [5, 5.41) is 13.9. The lowest BCUT2D eigenvalue weighted by molar-refractivity contribution is 0.183. The molecule has 2 saturated carbocycles. The van der Waals surface area contributed by atoms with Gasteiger partial charge in [0, 0.05) is 41.9 Å². The number of carbonyl (C=O) groups is 1. The maximum atomic E-state index is 13.8. The second-order valence-corrected chi connectivity index (χ2v) is 16.5. The largest absolute Gasteiger partial charge is 0.399 e. The van der Waals surface area contributed by atoms with Gasteiger partial charge in [-0.15, -0.1) is 0 Å². The van der Waals surface area contributed by atoms with E-state index in [1.807, 2.05) is 13.8 Å². The Balaban J connectivity index is 0.00000392. The Labute approximate surface area is 295 Å². The summed E-state index contributed by atoms with van der Waals surface area (Å²) in [5.74, 6) is 1.83. The van der Waals surface area contributed by atoms with Gasteiger partial charge in [0.25, 0.3) is 0 Å². The number of nitrogens with two attached hydrogens (primary N) is 1. The highest BCUT2D eigenvalue weighted by Crippen LogP contribution is 2.66. The van der Waals surface area contributed by atoms with Crippen molar-refractivity contribution >= 4 is 6.03 Å². The Morgan fingerprint density at radius 2 is 1.58 bits per heavy atom. The minimum atomic E-state index is -0.140. The van der Waals surface area contributed by atoms with Crippen LogP contribution < -0.4 is 27.0 Å². The average Bonchev–Trinajstić information content (AvgIpc) is 3.33. The Morgan fingerprint density at radius 1 is 0.979 bits per heavy atom. The van der Waals surface area contributed by atoms with Gasteiger partial charge in [0.2, 0.25) is 0 Å². The number of fused-ring (bicyclic) bond motifs is 1. The standard InChI is InChI=1S/C39H68N6O.C2H6/c1-14-41-25(4)20-21-33(38(9,10)11)43-37(46)44-35(30-18-16-15-17-19-30)29(8)45-23-31-34(39(31,12)13)36(45)28(7)42-32(22-24(2)3)26(5)27(6)40;1-2/h24,30-36,41-42H,4-8,14-23,40H2,1-3,9-13H3,(H2,43,44,46);1-2H3/t31-,32?,33?,34-,35?,36?;/m0./s1. The lowest BCUT2D eigenvalue weighted by atomic mass is 9.82. The number of piperidine rings is 1.